The van der Waals surface area contributed by atoms with Crippen LogP contribution in [-0.4, -0.2) is 17.9 Å². The highest BCUT2D eigenvalue weighted by atomic mass is 16.2. The lowest BCUT2D eigenvalue weighted by Crippen LogP contribution is -2.45. The number of hydrogen-bond donors (Lipinski definition) is 1. The smallest absolute Gasteiger partial charge is 0.259 e. The Bertz CT molecular complexity index is 1020. The average molecular weight is 370 g/mol. The molecule has 0 fully saturated rings. The van der Waals surface area contributed by atoms with Gasteiger partial charge in [-0.05, 0) is 48.7 Å². The van der Waals surface area contributed by atoms with Crippen LogP contribution in [0.25, 0.3) is 0 Å². The van der Waals surface area contributed by atoms with Crippen molar-refractivity contribution in [1.82, 2.24) is 0 Å². The first kappa shape index (κ1) is 18.0. The SMILES string of the molecule is Cc1cccc(C)c1NC(=O)C1Cc2ccccc2N1C(=O)c1ccccc1. The highest BCUT2D eigenvalue weighted by Gasteiger charge is 2.38. The lowest BCUT2D eigenvalue weighted by Gasteiger charge is -2.25. The minimum Gasteiger partial charge on any atom is -0.324 e. The molecule has 1 atom stereocenters. The van der Waals surface area contributed by atoms with Gasteiger partial charge in [0.15, 0.2) is 0 Å². The van der Waals surface area contributed by atoms with E-state index in [-0.39, 0.29) is 11.8 Å². The Morgan fingerprint density at radius 3 is 2.21 bits per heavy atom. The van der Waals surface area contributed by atoms with Crippen molar-refractivity contribution >= 4 is 23.2 Å². The van der Waals surface area contributed by atoms with E-state index < -0.39 is 6.04 Å². The van der Waals surface area contributed by atoms with E-state index in [9.17, 15) is 9.59 Å². The molecular formula is C24H22N2O2. The number of aryl methyl sites for hydroxylation is 2. The van der Waals surface area contributed by atoms with E-state index in [1.165, 1.54) is 0 Å². The molecule has 3 aromatic rings. The second-order valence-corrected chi connectivity index (χ2v) is 7.15. The summed E-state index contributed by atoms with van der Waals surface area (Å²) < 4.78 is 0. The fourth-order valence-corrected chi connectivity index (χ4v) is 3.78. The Kier molecular flexibility index (Phi) is 4.70. The summed E-state index contributed by atoms with van der Waals surface area (Å²) in [5, 5.41) is 3.06. The third-order valence-electron chi connectivity index (χ3n) is 5.25. The second-order valence-electron chi connectivity index (χ2n) is 7.15. The van der Waals surface area contributed by atoms with Crippen LogP contribution >= 0.6 is 0 Å². The molecule has 1 N–H and O–H groups in total. The highest BCUT2D eigenvalue weighted by molar-refractivity contribution is 6.13. The molecule has 0 radical (unpaired) electrons. The van der Waals surface area contributed by atoms with E-state index in [0.717, 1.165) is 28.1 Å². The van der Waals surface area contributed by atoms with Crippen molar-refractivity contribution < 1.29 is 9.59 Å². The topological polar surface area (TPSA) is 49.4 Å². The molecule has 3 aromatic carbocycles. The minimum atomic E-state index is -0.580. The molecule has 0 saturated heterocycles. The second kappa shape index (κ2) is 7.31. The third kappa shape index (κ3) is 3.18. The standard InChI is InChI=1S/C24H22N2O2/c1-16-9-8-10-17(2)22(16)25-23(27)21-15-19-13-6-7-14-20(19)26(21)24(28)18-11-4-3-5-12-18/h3-14,21H,15H2,1-2H3,(H,25,27). The molecule has 1 heterocycles. The number of benzene rings is 3. The first-order valence-electron chi connectivity index (χ1n) is 9.40. The average Bonchev–Trinajstić information content (AvgIpc) is 3.10. The van der Waals surface area contributed by atoms with Gasteiger partial charge in [0.2, 0.25) is 5.91 Å². The predicted molar refractivity (Wildman–Crippen MR) is 112 cm³/mol. The first-order valence-corrected chi connectivity index (χ1v) is 9.40. The molecule has 0 saturated carbocycles. The van der Waals surface area contributed by atoms with Gasteiger partial charge >= 0.3 is 0 Å². The molecular weight excluding hydrogens is 348 g/mol. The van der Waals surface area contributed by atoms with Crippen LogP contribution in [0.2, 0.25) is 0 Å². The van der Waals surface area contributed by atoms with Gasteiger partial charge in [-0.1, -0.05) is 54.6 Å². The van der Waals surface area contributed by atoms with Gasteiger partial charge in [-0.25, -0.2) is 0 Å². The molecule has 1 aliphatic rings. The largest absolute Gasteiger partial charge is 0.324 e. The zero-order chi connectivity index (χ0) is 19.7. The lowest BCUT2D eigenvalue weighted by atomic mass is 10.1. The summed E-state index contributed by atoms with van der Waals surface area (Å²) in [7, 11) is 0. The van der Waals surface area contributed by atoms with E-state index >= 15 is 0 Å². The summed E-state index contributed by atoms with van der Waals surface area (Å²) in [4.78, 5) is 28.1. The molecule has 1 unspecified atom stereocenters. The third-order valence-corrected chi connectivity index (χ3v) is 5.25. The number of carbonyl (C=O) groups is 2. The van der Waals surface area contributed by atoms with Crippen molar-refractivity contribution in [3.8, 4) is 0 Å². The van der Waals surface area contributed by atoms with E-state index in [1.54, 1.807) is 17.0 Å². The van der Waals surface area contributed by atoms with Crippen molar-refractivity contribution in [2.24, 2.45) is 0 Å². The van der Waals surface area contributed by atoms with Gasteiger partial charge in [-0.15, -0.1) is 0 Å². The van der Waals surface area contributed by atoms with Crippen LogP contribution in [0, 0.1) is 13.8 Å². The number of amides is 2. The van der Waals surface area contributed by atoms with Crippen LogP contribution in [0.4, 0.5) is 11.4 Å². The Balaban J connectivity index is 1.69. The molecule has 4 nitrogen and oxygen atoms in total. The number of hydrogen-bond acceptors (Lipinski definition) is 2. The van der Waals surface area contributed by atoms with Gasteiger partial charge < -0.3 is 5.32 Å². The van der Waals surface area contributed by atoms with Gasteiger partial charge in [-0.3, -0.25) is 14.5 Å². The van der Waals surface area contributed by atoms with Crippen molar-refractivity contribution in [3.05, 3.63) is 95.1 Å². The summed E-state index contributed by atoms with van der Waals surface area (Å²) in [6, 6.07) is 22.2. The Morgan fingerprint density at radius 2 is 1.50 bits per heavy atom. The van der Waals surface area contributed by atoms with Crippen molar-refractivity contribution in [2.75, 3.05) is 10.2 Å². The first-order chi connectivity index (χ1) is 13.6. The predicted octanol–water partition coefficient (Wildman–Crippen LogP) is 4.51. The molecule has 2 amide bonds. The quantitative estimate of drug-likeness (QED) is 0.737. The summed E-state index contributed by atoms with van der Waals surface area (Å²) in [5.74, 6) is -0.329. The molecule has 1 aliphatic heterocycles. The van der Waals surface area contributed by atoms with Crippen LogP contribution < -0.4 is 10.2 Å². The monoisotopic (exact) mass is 370 g/mol. The number of rotatable bonds is 3. The van der Waals surface area contributed by atoms with Crippen molar-refractivity contribution in [1.29, 1.82) is 0 Å². The van der Waals surface area contributed by atoms with Gasteiger partial charge in [0.05, 0.1) is 0 Å². The summed E-state index contributed by atoms with van der Waals surface area (Å²) in [5.41, 5.74) is 5.21. The molecule has 140 valence electrons. The number of carbonyl (C=O) groups excluding carboxylic acids is 2. The number of para-hydroxylation sites is 2. The van der Waals surface area contributed by atoms with Gasteiger partial charge in [0.1, 0.15) is 6.04 Å². The Hall–Kier alpha value is -3.40. The number of fused-ring (bicyclic) bond motifs is 1. The van der Waals surface area contributed by atoms with Crippen molar-refractivity contribution in [3.63, 3.8) is 0 Å². The van der Waals surface area contributed by atoms with Gasteiger partial charge in [0, 0.05) is 23.4 Å². The van der Waals surface area contributed by atoms with Gasteiger partial charge in [-0.2, -0.15) is 0 Å². The summed E-state index contributed by atoms with van der Waals surface area (Å²) in [6.45, 7) is 3.94. The number of anilines is 2. The fraction of sp³-hybridized carbons (Fsp3) is 0.167. The van der Waals surface area contributed by atoms with Crippen molar-refractivity contribution in [2.45, 2.75) is 26.3 Å². The molecule has 4 rings (SSSR count). The maximum absolute atomic E-state index is 13.3. The summed E-state index contributed by atoms with van der Waals surface area (Å²) >= 11 is 0. The Morgan fingerprint density at radius 1 is 0.857 bits per heavy atom. The zero-order valence-corrected chi connectivity index (χ0v) is 16.0. The fourth-order valence-electron chi connectivity index (χ4n) is 3.78. The molecule has 0 bridgehead atoms. The molecule has 0 spiro atoms. The molecule has 0 aromatic heterocycles. The van der Waals surface area contributed by atoms with Crippen LogP contribution in [0.15, 0.2) is 72.8 Å². The maximum atomic E-state index is 13.3. The summed E-state index contributed by atoms with van der Waals surface area (Å²) in [6.07, 6.45) is 0.505. The van der Waals surface area contributed by atoms with E-state index in [1.807, 2.05) is 74.5 Å². The number of nitrogens with one attached hydrogen (secondary N) is 1. The zero-order valence-electron chi connectivity index (χ0n) is 16.0. The van der Waals surface area contributed by atoms with E-state index in [2.05, 4.69) is 5.32 Å². The Labute approximate surface area is 164 Å². The van der Waals surface area contributed by atoms with Crippen LogP contribution in [-0.2, 0) is 11.2 Å². The van der Waals surface area contributed by atoms with Crippen LogP contribution in [0.1, 0.15) is 27.0 Å². The van der Waals surface area contributed by atoms with E-state index in [4.69, 9.17) is 0 Å². The molecule has 28 heavy (non-hydrogen) atoms. The maximum Gasteiger partial charge on any atom is 0.259 e. The highest BCUT2D eigenvalue weighted by Crippen LogP contribution is 2.34. The molecule has 4 heteroatoms. The van der Waals surface area contributed by atoms with Crippen LogP contribution in [0.3, 0.4) is 0 Å². The van der Waals surface area contributed by atoms with E-state index in [0.29, 0.717) is 12.0 Å². The van der Waals surface area contributed by atoms with Gasteiger partial charge in [0.25, 0.3) is 5.91 Å². The lowest BCUT2D eigenvalue weighted by molar-refractivity contribution is -0.117. The van der Waals surface area contributed by atoms with Crippen LogP contribution in [0.5, 0.6) is 0 Å². The number of nitrogens with zero attached hydrogens (tertiary/aromatic N) is 1. The molecule has 0 aliphatic carbocycles. The minimum absolute atomic E-state index is 0.160. The normalized spacial score (nSPS) is 15.2.